The van der Waals surface area contributed by atoms with Crippen molar-refractivity contribution in [3.05, 3.63) is 29.3 Å². The SMILES string of the molecule is CC(=O)/C=C(/C)c1c(C)cc(OCC#N)cc1OCC#N. The van der Waals surface area contributed by atoms with E-state index in [4.69, 9.17) is 20.0 Å². The summed E-state index contributed by atoms with van der Waals surface area (Å²) in [4.78, 5) is 11.2. The lowest BCUT2D eigenvalue weighted by Crippen LogP contribution is -2.02. The van der Waals surface area contributed by atoms with Crippen LogP contribution in [-0.2, 0) is 4.79 Å². The van der Waals surface area contributed by atoms with Gasteiger partial charge in [0, 0.05) is 11.6 Å². The molecule has 0 radical (unpaired) electrons. The minimum absolute atomic E-state index is 0.0667. The number of ether oxygens (including phenoxy) is 2. The summed E-state index contributed by atoms with van der Waals surface area (Å²) in [6.45, 7) is 4.95. The topological polar surface area (TPSA) is 83.1 Å². The third kappa shape index (κ3) is 4.67. The number of hydrogen-bond acceptors (Lipinski definition) is 5. The predicted molar refractivity (Wildman–Crippen MR) is 77.7 cm³/mol. The third-order valence-corrected chi connectivity index (χ3v) is 2.68. The van der Waals surface area contributed by atoms with Crippen molar-refractivity contribution in [3.63, 3.8) is 0 Å². The number of carbonyl (C=O) groups excluding carboxylic acids is 1. The molecule has 0 atom stereocenters. The number of ketones is 1. The summed E-state index contributed by atoms with van der Waals surface area (Å²) in [7, 11) is 0. The minimum atomic E-state index is -0.110. The summed E-state index contributed by atoms with van der Waals surface area (Å²) < 4.78 is 10.7. The minimum Gasteiger partial charge on any atom is -0.479 e. The molecule has 0 fully saturated rings. The zero-order valence-electron chi connectivity index (χ0n) is 12.3. The first kappa shape index (κ1) is 16.3. The largest absolute Gasteiger partial charge is 0.479 e. The van der Waals surface area contributed by atoms with Crippen molar-refractivity contribution in [2.24, 2.45) is 0 Å². The van der Waals surface area contributed by atoms with Crippen molar-refractivity contribution in [3.8, 4) is 23.6 Å². The van der Waals surface area contributed by atoms with Gasteiger partial charge in [-0.1, -0.05) is 0 Å². The first-order valence-electron chi connectivity index (χ1n) is 6.33. The van der Waals surface area contributed by atoms with Crippen LogP contribution in [0.1, 0.15) is 25.0 Å². The maximum atomic E-state index is 11.2. The van der Waals surface area contributed by atoms with E-state index in [-0.39, 0.29) is 19.0 Å². The number of allylic oxidation sites excluding steroid dienone is 2. The molecular weight excluding hydrogens is 268 g/mol. The molecule has 0 aliphatic carbocycles. The smallest absolute Gasteiger partial charge is 0.174 e. The first-order chi connectivity index (χ1) is 9.99. The number of nitrogens with zero attached hydrogens (tertiary/aromatic N) is 2. The van der Waals surface area contributed by atoms with E-state index >= 15 is 0 Å². The normalized spacial score (nSPS) is 10.4. The number of carbonyl (C=O) groups is 1. The molecule has 21 heavy (non-hydrogen) atoms. The van der Waals surface area contributed by atoms with Gasteiger partial charge in [-0.05, 0) is 44.1 Å². The average Bonchev–Trinajstić information content (AvgIpc) is 2.41. The fourth-order valence-electron chi connectivity index (χ4n) is 2.03. The first-order valence-corrected chi connectivity index (χ1v) is 6.33. The van der Waals surface area contributed by atoms with E-state index < -0.39 is 0 Å². The van der Waals surface area contributed by atoms with Gasteiger partial charge in [0.15, 0.2) is 19.0 Å². The van der Waals surface area contributed by atoms with Gasteiger partial charge in [0.2, 0.25) is 0 Å². The molecule has 5 nitrogen and oxygen atoms in total. The van der Waals surface area contributed by atoms with Crippen molar-refractivity contribution in [2.75, 3.05) is 13.2 Å². The van der Waals surface area contributed by atoms with Crippen LogP contribution >= 0.6 is 0 Å². The van der Waals surface area contributed by atoms with E-state index in [1.54, 1.807) is 19.1 Å². The molecule has 108 valence electrons. The van der Waals surface area contributed by atoms with Gasteiger partial charge in [-0.3, -0.25) is 4.79 Å². The Morgan fingerprint density at radius 1 is 1.19 bits per heavy atom. The second kappa shape index (κ2) is 7.72. The van der Waals surface area contributed by atoms with Crippen LogP contribution in [0.5, 0.6) is 11.5 Å². The molecule has 0 spiro atoms. The molecule has 0 aliphatic rings. The molecular formula is C16H16N2O3. The Bertz CT molecular complexity index is 649. The monoisotopic (exact) mass is 284 g/mol. The van der Waals surface area contributed by atoms with Crippen molar-refractivity contribution >= 4 is 11.4 Å². The molecule has 1 aromatic carbocycles. The molecule has 0 saturated carbocycles. The van der Waals surface area contributed by atoms with E-state index in [1.807, 2.05) is 19.1 Å². The number of benzene rings is 1. The fraction of sp³-hybridized carbons (Fsp3) is 0.312. The maximum Gasteiger partial charge on any atom is 0.174 e. The van der Waals surface area contributed by atoms with Gasteiger partial charge >= 0.3 is 0 Å². The Hall–Kier alpha value is -2.79. The van der Waals surface area contributed by atoms with Crippen molar-refractivity contribution in [1.82, 2.24) is 0 Å². The van der Waals surface area contributed by atoms with Gasteiger partial charge in [0.05, 0.1) is 0 Å². The number of hydrogen-bond donors (Lipinski definition) is 0. The number of rotatable bonds is 6. The molecule has 0 N–H and O–H groups in total. The van der Waals surface area contributed by atoms with Crippen molar-refractivity contribution < 1.29 is 14.3 Å². The summed E-state index contributed by atoms with van der Waals surface area (Å²) in [6.07, 6.45) is 1.51. The molecule has 0 unspecified atom stereocenters. The van der Waals surface area contributed by atoms with Gasteiger partial charge in [0.25, 0.3) is 0 Å². The fourth-order valence-corrected chi connectivity index (χ4v) is 2.03. The average molecular weight is 284 g/mol. The Morgan fingerprint density at radius 2 is 1.81 bits per heavy atom. The van der Waals surface area contributed by atoms with Crippen LogP contribution < -0.4 is 9.47 Å². The van der Waals surface area contributed by atoms with Crippen LogP contribution in [0.4, 0.5) is 0 Å². The Morgan fingerprint density at radius 3 is 2.38 bits per heavy atom. The Labute approximate surface area is 124 Å². The predicted octanol–water partition coefficient (Wildman–Crippen LogP) is 2.79. The summed E-state index contributed by atoms with van der Waals surface area (Å²) >= 11 is 0. The Kier molecular flexibility index (Phi) is 5.98. The summed E-state index contributed by atoms with van der Waals surface area (Å²) in [5.41, 5.74) is 2.35. The highest BCUT2D eigenvalue weighted by Gasteiger charge is 2.13. The maximum absolute atomic E-state index is 11.2. The van der Waals surface area contributed by atoms with Crippen LogP contribution in [0.25, 0.3) is 5.57 Å². The lowest BCUT2D eigenvalue weighted by Gasteiger charge is -2.15. The van der Waals surface area contributed by atoms with Gasteiger partial charge < -0.3 is 9.47 Å². The van der Waals surface area contributed by atoms with E-state index in [0.29, 0.717) is 11.5 Å². The van der Waals surface area contributed by atoms with Crippen LogP contribution in [0.15, 0.2) is 18.2 Å². The van der Waals surface area contributed by atoms with Crippen LogP contribution in [0.2, 0.25) is 0 Å². The van der Waals surface area contributed by atoms with Crippen molar-refractivity contribution in [2.45, 2.75) is 20.8 Å². The quantitative estimate of drug-likeness (QED) is 0.750. The summed E-state index contributed by atoms with van der Waals surface area (Å²) in [5.74, 6) is 0.879. The van der Waals surface area contributed by atoms with E-state index in [1.165, 1.54) is 13.0 Å². The third-order valence-electron chi connectivity index (χ3n) is 2.68. The molecule has 0 heterocycles. The van der Waals surface area contributed by atoms with Gasteiger partial charge in [0.1, 0.15) is 23.6 Å². The summed E-state index contributed by atoms with van der Waals surface area (Å²) in [6, 6.07) is 7.18. The van der Waals surface area contributed by atoms with Gasteiger partial charge in [-0.25, -0.2) is 0 Å². The van der Waals surface area contributed by atoms with E-state index in [9.17, 15) is 4.79 Å². The molecule has 0 amide bonds. The Balaban J connectivity index is 3.31. The number of aryl methyl sites for hydroxylation is 1. The van der Waals surface area contributed by atoms with Crippen LogP contribution in [-0.4, -0.2) is 19.0 Å². The molecule has 0 saturated heterocycles. The number of nitriles is 2. The molecule has 1 aromatic rings. The highest BCUT2D eigenvalue weighted by molar-refractivity contribution is 5.95. The molecule has 0 aromatic heterocycles. The summed E-state index contributed by atoms with van der Waals surface area (Å²) in [5, 5.41) is 17.2. The van der Waals surface area contributed by atoms with E-state index in [0.717, 1.165) is 16.7 Å². The van der Waals surface area contributed by atoms with Gasteiger partial charge in [-0.2, -0.15) is 10.5 Å². The molecule has 0 bridgehead atoms. The molecule has 5 heteroatoms. The highest BCUT2D eigenvalue weighted by Crippen LogP contribution is 2.33. The zero-order valence-corrected chi connectivity index (χ0v) is 12.3. The van der Waals surface area contributed by atoms with Crippen molar-refractivity contribution in [1.29, 1.82) is 10.5 Å². The van der Waals surface area contributed by atoms with Crippen LogP contribution in [0.3, 0.4) is 0 Å². The second-order valence-electron chi connectivity index (χ2n) is 4.44. The molecule has 0 aliphatic heterocycles. The van der Waals surface area contributed by atoms with E-state index in [2.05, 4.69) is 0 Å². The zero-order chi connectivity index (χ0) is 15.8. The second-order valence-corrected chi connectivity index (χ2v) is 4.44. The van der Waals surface area contributed by atoms with Crippen LogP contribution in [0, 0.1) is 29.6 Å². The van der Waals surface area contributed by atoms with Gasteiger partial charge in [-0.15, -0.1) is 0 Å². The lowest BCUT2D eigenvalue weighted by molar-refractivity contribution is -0.112. The highest BCUT2D eigenvalue weighted by atomic mass is 16.5. The lowest BCUT2D eigenvalue weighted by atomic mass is 9.99. The standard InChI is InChI=1S/C16H16N2O3/c1-11(8-13(3)19)16-12(2)9-14(20-6-4-17)10-15(16)21-7-5-18/h8-10H,6-7H2,1-3H3/b11-8-. The molecule has 1 rings (SSSR count).